The van der Waals surface area contributed by atoms with Crippen LogP contribution in [0.5, 0.6) is 0 Å². The summed E-state index contributed by atoms with van der Waals surface area (Å²) in [6.07, 6.45) is 0. The molecule has 0 N–H and O–H groups in total. The van der Waals surface area contributed by atoms with Gasteiger partial charge >= 0.3 is 0 Å². The predicted octanol–water partition coefficient (Wildman–Crippen LogP) is 14.6. The SMILES string of the molecule is c1cc(-c2nc(-c3cccc4ccccc34)c3ccccc3n2)cc(-n2c3ccc(-n4c5ccccc5c5ccc6ccccc6c54)cc3c3cc4ccccc4cc32)c1. The summed E-state index contributed by atoms with van der Waals surface area (Å²) in [5.74, 6) is 0.700. The smallest absolute Gasteiger partial charge is 0.160 e. The Labute approximate surface area is 344 Å². The number of benzene rings is 10. The van der Waals surface area contributed by atoms with E-state index in [2.05, 4.69) is 215 Å². The quantitative estimate of drug-likeness (QED) is 0.179. The highest BCUT2D eigenvalue weighted by Crippen LogP contribution is 2.41. The molecule has 0 spiro atoms. The van der Waals surface area contributed by atoms with Crippen molar-refractivity contribution in [3.8, 4) is 34.0 Å². The molecule has 13 aromatic rings. The van der Waals surface area contributed by atoms with Crippen molar-refractivity contribution >= 4 is 86.8 Å². The van der Waals surface area contributed by atoms with E-state index in [1.165, 1.54) is 64.9 Å². The topological polar surface area (TPSA) is 35.6 Å². The lowest BCUT2D eigenvalue weighted by atomic mass is 9.99. The second-order valence-corrected chi connectivity index (χ2v) is 15.8. The molecule has 3 heterocycles. The molecule has 0 saturated carbocycles. The van der Waals surface area contributed by atoms with Crippen LogP contribution in [0.2, 0.25) is 0 Å². The molecule has 0 atom stereocenters. The molecule has 278 valence electrons. The lowest BCUT2D eigenvalue weighted by Gasteiger charge is -2.13. The summed E-state index contributed by atoms with van der Waals surface area (Å²) >= 11 is 0. The monoisotopic (exact) mass is 762 g/mol. The van der Waals surface area contributed by atoms with Crippen LogP contribution < -0.4 is 0 Å². The molecule has 0 amide bonds. The van der Waals surface area contributed by atoms with Crippen molar-refractivity contribution in [1.29, 1.82) is 0 Å². The summed E-state index contributed by atoms with van der Waals surface area (Å²) in [5.41, 5.74) is 10.8. The van der Waals surface area contributed by atoms with Crippen LogP contribution in [-0.4, -0.2) is 19.1 Å². The molecule has 10 aromatic carbocycles. The van der Waals surface area contributed by atoms with Crippen molar-refractivity contribution in [3.63, 3.8) is 0 Å². The highest BCUT2D eigenvalue weighted by Gasteiger charge is 2.20. The van der Waals surface area contributed by atoms with E-state index in [1.807, 2.05) is 0 Å². The minimum absolute atomic E-state index is 0.700. The van der Waals surface area contributed by atoms with Gasteiger partial charge in [-0.25, -0.2) is 9.97 Å². The van der Waals surface area contributed by atoms with Crippen molar-refractivity contribution < 1.29 is 0 Å². The lowest BCUT2D eigenvalue weighted by molar-refractivity contribution is 1.16. The number of hydrogen-bond acceptors (Lipinski definition) is 2. The Morgan fingerprint density at radius 1 is 0.317 bits per heavy atom. The fourth-order valence-electron chi connectivity index (χ4n) is 9.74. The molecule has 0 aliphatic heterocycles. The van der Waals surface area contributed by atoms with Crippen molar-refractivity contribution in [3.05, 3.63) is 206 Å². The molecule has 0 aliphatic rings. The number of rotatable bonds is 4. The number of fused-ring (bicyclic) bond motifs is 11. The second-order valence-electron chi connectivity index (χ2n) is 15.8. The maximum atomic E-state index is 5.37. The summed E-state index contributed by atoms with van der Waals surface area (Å²) in [5, 5.41) is 13.2. The van der Waals surface area contributed by atoms with Gasteiger partial charge in [0.15, 0.2) is 5.82 Å². The van der Waals surface area contributed by atoms with Gasteiger partial charge in [-0.05, 0) is 81.5 Å². The first-order chi connectivity index (χ1) is 29.7. The predicted molar refractivity (Wildman–Crippen MR) is 252 cm³/mol. The average molecular weight is 763 g/mol. The van der Waals surface area contributed by atoms with Gasteiger partial charge in [0.1, 0.15) is 0 Å². The maximum Gasteiger partial charge on any atom is 0.160 e. The Kier molecular flexibility index (Phi) is 6.98. The largest absolute Gasteiger partial charge is 0.309 e. The Hall–Kier alpha value is -8.08. The van der Waals surface area contributed by atoms with E-state index < -0.39 is 0 Å². The van der Waals surface area contributed by atoms with Crippen LogP contribution in [0.3, 0.4) is 0 Å². The zero-order chi connectivity index (χ0) is 39.3. The van der Waals surface area contributed by atoms with Gasteiger partial charge in [-0.2, -0.15) is 0 Å². The molecule has 0 unspecified atom stereocenters. The van der Waals surface area contributed by atoms with Crippen LogP contribution in [0.1, 0.15) is 0 Å². The number of hydrogen-bond donors (Lipinski definition) is 0. The summed E-state index contributed by atoms with van der Waals surface area (Å²) in [4.78, 5) is 10.6. The number of para-hydroxylation sites is 2. The van der Waals surface area contributed by atoms with Gasteiger partial charge in [0, 0.05) is 54.8 Å². The minimum Gasteiger partial charge on any atom is -0.309 e. The number of nitrogens with zero attached hydrogens (tertiary/aromatic N) is 4. The lowest BCUT2D eigenvalue weighted by Crippen LogP contribution is -1.98. The average Bonchev–Trinajstić information content (AvgIpc) is 3.82. The summed E-state index contributed by atoms with van der Waals surface area (Å²) < 4.78 is 4.88. The van der Waals surface area contributed by atoms with Crippen LogP contribution in [0.4, 0.5) is 0 Å². The van der Waals surface area contributed by atoms with Gasteiger partial charge in [-0.1, -0.05) is 152 Å². The van der Waals surface area contributed by atoms with Crippen molar-refractivity contribution in [2.45, 2.75) is 0 Å². The molecule has 0 radical (unpaired) electrons. The van der Waals surface area contributed by atoms with Gasteiger partial charge < -0.3 is 9.13 Å². The molecule has 0 fully saturated rings. The minimum atomic E-state index is 0.700. The molecule has 0 aliphatic carbocycles. The first-order valence-electron chi connectivity index (χ1n) is 20.5. The zero-order valence-electron chi connectivity index (χ0n) is 32.4. The molecule has 3 aromatic heterocycles. The van der Waals surface area contributed by atoms with E-state index >= 15 is 0 Å². The summed E-state index contributed by atoms with van der Waals surface area (Å²) in [6.45, 7) is 0. The Morgan fingerprint density at radius 3 is 1.82 bits per heavy atom. The molecule has 0 bridgehead atoms. The third kappa shape index (κ3) is 4.85. The maximum absolute atomic E-state index is 5.37. The van der Waals surface area contributed by atoms with E-state index in [1.54, 1.807) is 0 Å². The fraction of sp³-hybridized carbons (Fsp3) is 0. The van der Waals surface area contributed by atoms with Gasteiger partial charge in [0.05, 0.1) is 33.3 Å². The molecular weight excluding hydrogens is 729 g/mol. The second kappa shape index (κ2) is 12.7. The highest BCUT2D eigenvalue weighted by molar-refractivity contribution is 6.19. The van der Waals surface area contributed by atoms with Gasteiger partial charge in [-0.15, -0.1) is 0 Å². The van der Waals surface area contributed by atoms with Crippen LogP contribution in [0.15, 0.2) is 206 Å². The highest BCUT2D eigenvalue weighted by atomic mass is 15.0. The standard InChI is InChI=1S/C56H34N4/c1-2-16-38-33-53-48(32-37(38)15-1)49-34-41(60-51-26-10-8-22-44(51)46-29-27-36-14-4-6-21-43(36)55(46)60)28-30-52(49)59(53)40-19-11-18-39(31-40)56-57-50-25-9-7-23-47(50)54(58-56)45-24-12-17-35-13-3-5-20-42(35)45/h1-34H. The van der Waals surface area contributed by atoms with Crippen LogP contribution in [0, 0.1) is 0 Å². The van der Waals surface area contributed by atoms with Crippen molar-refractivity contribution in [2.24, 2.45) is 0 Å². The molecule has 60 heavy (non-hydrogen) atoms. The van der Waals surface area contributed by atoms with E-state index in [0.717, 1.165) is 50.1 Å². The third-order valence-electron chi connectivity index (χ3n) is 12.4. The fourth-order valence-corrected chi connectivity index (χ4v) is 9.74. The van der Waals surface area contributed by atoms with E-state index in [0.29, 0.717) is 5.82 Å². The first-order valence-corrected chi connectivity index (χ1v) is 20.5. The van der Waals surface area contributed by atoms with Crippen LogP contribution in [0.25, 0.3) is 121 Å². The zero-order valence-corrected chi connectivity index (χ0v) is 32.4. The van der Waals surface area contributed by atoms with Gasteiger partial charge in [-0.3, -0.25) is 0 Å². The van der Waals surface area contributed by atoms with E-state index in [9.17, 15) is 0 Å². The molecule has 0 saturated heterocycles. The summed E-state index contributed by atoms with van der Waals surface area (Å²) in [6, 6.07) is 74.5. The molecule has 13 rings (SSSR count). The summed E-state index contributed by atoms with van der Waals surface area (Å²) in [7, 11) is 0. The van der Waals surface area contributed by atoms with Gasteiger partial charge in [0.2, 0.25) is 0 Å². The Morgan fingerprint density at radius 2 is 0.950 bits per heavy atom. The van der Waals surface area contributed by atoms with Crippen LogP contribution >= 0.6 is 0 Å². The first kappa shape index (κ1) is 32.9. The van der Waals surface area contributed by atoms with E-state index in [-0.39, 0.29) is 0 Å². The molecule has 4 heteroatoms. The molecule has 4 nitrogen and oxygen atoms in total. The van der Waals surface area contributed by atoms with Crippen molar-refractivity contribution in [1.82, 2.24) is 19.1 Å². The normalized spacial score (nSPS) is 12.0. The number of aromatic nitrogens is 4. The van der Waals surface area contributed by atoms with Crippen LogP contribution in [-0.2, 0) is 0 Å². The van der Waals surface area contributed by atoms with Gasteiger partial charge in [0.25, 0.3) is 0 Å². The van der Waals surface area contributed by atoms with E-state index in [4.69, 9.17) is 9.97 Å². The Bertz CT molecular complexity index is 3900. The molecular formula is C56H34N4. The third-order valence-corrected chi connectivity index (χ3v) is 12.4. The Balaban J connectivity index is 1.05. The van der Waals surface area contributed by atoms with Crippen molar-refractivity contribution in [2.75, 3.05) is 0 Å².